The summed E-state index contributed by atoms with van der Waals surface area (Å²) in [4.78, 5) is 11.8. The molecule has 20 heavy (non-hydrogen) atoms. The zero-order chi connectivity index (χ0) is 14.8. The van der Waals surface area contributed by atoms with Gasteiger partial charge in [-0.25, -0.2) is 8.42 Å². The SMILES string of the molecule is Nc1cc(Cl)ccc1NC(=O)CS(=O)(=O)c1cccs1. The minimum atomic E-state index is -3.62. The normalized spacial score (nSPS) is 11.2. The Kier molecular flexibility index (Phi) is 4.32. The van der Waals surface area contributed by atoms with E-state index in [-0.39, 0.29) is 9.90 Å². The summed E-state index contributed by atoms with van der Waals surface area (Å²) in [6, 6.07) is 7.64. The lowest BCUT2D eigenvalue weighted by Gasteiger charge is -2.08. The molecule has 1 amide bonds. The monoisotopic (exact) mass is 330 g/mol. The summed E-state index contributed by atoms with van der Waals surface area (Å²) in [5, 5.41) is 4.54. The number of nitrogen functional groups attached to an aromatic ring is 1. The van der Waals surface area contributed by atoms with Crippen molar-refractivity contribution in [2.24, 2.45) is 0 Å². The number of carbonyl (C=O) groups is 1. The minimum absolute atomic E-state index is 0.164. The molecule has 0 unspecified atom stereocenters. The van der Waals surface area contributed by atoms with Crippen LogP contribution in [0.2, 0.25) is 5.02 Å². The molecule has 0 bridgehead atoms. The van der Waals surface area contributed by atoms with Gasteiger partial charge in [0.25, 0.3) is 0 Å². The van der Waals surface area contributed by atoms with Crippen molar-refractivity contribution in [3.8, 4) is 0 Å². The maximum Gasteiger partial charge on any atom is 0.240 e. The van der Waals surface area contributed by atoms with Crippen LogP contribution in [0, 0.1) is 0 Å². The van der Waals surface area contributed by atoms with Crippen molar-refractivity contribution < 1.29 is 13.2 Å². The largest absolute Gasteiger partial charge is 0.397 e. The molecule has 2 aromatic rings. The van der Waals surface area contributed by atoms with Crippen LogP contribution in [-0.4, -0.2) is 20.1 Å². The Morgan fingerprint density at radius 1 is 1.35 bits per heavy atom. The van der Waals surface area contributed by atoms with Gasteiger partial charge in [-0.05, 0) is 29.6 Å². The highest BCUT2D eigenvalue weighted by atomic mass is 35.5. The maximum atomic E-state index is 11.9. The van der Waals surface area contributed by atoms with Gasteiger partial charge in [-0.3, -0.25) is 4.79 Å². The van der Waals surface area contributed by atoms with Crippen LogP contribution in [-0.2, 0) is 14.6 Å². The Bertz CT molecular complexity index is 727. The first kappa shape index (κ1) is 14.8. The number of anilines is 2. The lowest BCUT2D eigenvalue weighted by molar-refractivity contribution is -0.113. The molecular formula is C12H11ClN2O3S2. The lowest BCUT2D eigenvalue weighted by atomic mass is 10.2. The number of benzene rings is 1. The summed E-state index contributed by atoms with van der Waals surface area (Å²) >= 11 is 6.81. The Morgan fingerprint density at radius 2 is 2.10 bits per heavy atom. The molecule has 8 heteroatoms. The number of hydrogen-bond acceptors (Lipinski definition) is 5. The summed E-state index contributed by atoms with van der Waals surface area (Å²) in [5.74, 6) is -1.28. The Labute approximate surface area is 125 Å². The molecule has 0 spiro atoms. The summed E-state index contributed by atoms with van der Waals surface area (Å²) in [6.07, 6.45) is 0. The second kappa shape index (κ2) is 5.82. The predicted molar refractivity (Wildman–Crippen MR) is 80.9 cm³/mol. The van der Waals surface area contributed by atoms with Gasteiger partial charge in [-0.15, -0.1) is 11.3 Å². The summed E-state index contributed by atoms with van der Waals surface area (Å²) in [5.41, 5.74) is 6.29. The van der Waals surface area contributed by atoms with E-state index in [2.05, 4.69) is 5.32 Å². The van der Waals surface area contributed by atoms with E-state index in [0.29, 0.717) is 10.7 Å². The van der Waals surface area contributed by atoms with Crippen LogP contribution in [0.1, 0.15) is 0 Å². The highest BCUT2D eigenvalue weighted by molar-refractivity contribution is 7.94. The number of rotatable bonds is 4. The molecule has 5 nitrogen and oxygen atoms in total. The first-order chi connectivity index (χ1) is 9.38. The summed E-state index contributed by atoms with van der Waals surface area (Å²) in [6.45, 7) is 0. The van der Waals surface area contributed by atoms with E-state index in [0.717, 1.165) is 11.3 Å². The number of nitrogens with two attached hydrogens (primary N) is 1. The molecule has 0 aliphatic heterocycles. The van der Waals surface area contributed by atoms with Crippen molar-refractivity contribution in [1.29, 1.82) is 0 Å². The quantitative estimate of drug-likeness (QED) is 0.842. The van der Waals surface area contributed by atoms with Gasteiger partial charge < -0.3 is 11.1 Å². The molecule has 0 aliphatic rings. The Morgan fingerprint density at radius 3 is 2.70 bits per heavy atom. The second-order valence-electron chi connectivity index (χ2n) is 3.97. The molecule has 0 radical (unpaired) electrons. The van der Waals surface area contributed by atoms with E-state index in [1.54, 1.807) is 17.5 Å². The molecule has 106 valence electrons. The summed E-state index contributed by atoms with van der Waals surface area (Å²) in [7, 11) is -3.62. The third kappa shape index (κ3) is 3.50. The van der Waals surface area contributed by atoms with Gasteiger partial charge >= 0.3 is 0 Å². The van der Waals surface area contributed by atoms with Crippen molar-refractivity contribution in [3.63, 3.8) is 0 Å². The van der Waals surface area contributed by atoms with Crippen LogP contribution in [0.4, 0.5) is 11.4 Å². The average Bonchev–Trinajstić information content (AvgIpc) is 2.86. The first-order valence-electron chi connectivity index (χ1n) is 5.49. The number of hydrogen-bond donors (Lipinski definition) is 2. The first-order valence-corrected chi connectivity index (χ1v) is 8.40. The van der Waals surface area contributed by atoms with Crippen LogP contribution < -0.4 is 11.1 Å². The fourth-order valence-electron chi connectivity index (χ4n) is 1.52. The van der Waals surface area contributed by atoms with Crippen molar-refractivity contribution in [3.05, 3.63) is 40.7 Å². The second-order valence-corrected chi connectivity index (χ2v) is 7.57. The number of amides is 1. The molecule has 1 heterocycles. The molecule has 2 rings (SSSR count). The smallest absolute Gasteiger partial charge is 0.240 e. The average molecular weight is 331 g/mol. The van der Waals surface area contributed by atoms with Crippen LogP contribution in [0.5, 0.6) is 0 Å². The Balaban J connectivity index is 2.10. The lowest BCUT2D eigenvalue weighted by Crippen LogP contribution is -2.23. The van der Waals surface area contributed by atoms with Gasteiger partial charge in [0.05, 0.1) is 11.4 Å². The fraction of sp³-hybridized carbons (Fsp3) is 0.0833. The number of nitrogens with one attached hydrogen (secondary N) is 1. The fourth-order valence-corrected chi connectivity index (χ4v) is 3.92. The van der Waals surface area contributed by atoms with E-state index in [1.807, 2.05) is 0 Å². The van der Waals surface area contributed by atoms with Gasteiger partial charge in [0.1, 0.15) is 9.96 Å². The van der Waals surface area contributed by atoms with Crippen molar-refractivity contribution in [2.45, 2.75) is 4.21 Å². The number of sulfone groups is 1. The third-order valence-corrected chi connectivity index (χ3v) is 5.75. The van der Waals surface area contributed by atoms with Gasteiger partial charge in [0.15, 0.2) is 9.84 Å². The van der Waals surface area contributed by atoms with Crippen LogP contribution in [0.3, 0.4) is 0 Å². The molecule has 0 aliphatic carbocycles. The molecular weight excluding hydrogens is 320 g/mol. The van der Waals surface area contributed by atoms with Gasteiger partial charge in [0.2, 0.25) is 5.91 Å². The molecule has 0 saturated carbocycles. The zero-order valence-electron chi connectivity index (χ0n) is 10.2. The number of carbonyl (C=O) groups excluding carboxylic acids is 1. The molecule has 1 aromatic heterocycles. The molecule has 0 saturated heterocycles. The van der Waals surface area contributed by atoms with Crippen molar-refractivity contribution in [2.75, 3.05) is 16.8 Å². The molecule has 0 atom stereocenters. The highest BCUT2D eigenvalue weighted by Crippen LogP contribution is 2.23. The van der Waals surface area contributed by atoms with E-state index in [4.69, 9.17) is 17.3 Å². The van der Waals surface area contributed by atoms with Crippen LogP contribution in [0.15, 0.2) is 39.9 Å². The minimum Gasteiger partial charge on any atom is -0.397 e. The van der Waals surface area contributed by atoms with Crippen LogP contribution >= 0.6 is 22.9 Å². The Hall–Kier alpha value is -1.57. The third-order valence-electron chi connectivity index (χ3n) is 2.41. The molecule has 1 aromatic carbocycles. The van der Waals surface area contributed by atoms with Crippen molar-refractivity contribution in [1.82, 2.24) is 0 Å². The van der Waals surface area contributed by atoms with Gasteiger partial charge in [-0.1, -0.05) is 17.7 Å². The predicted octanol–water partition coefficient (Wildman–Crippen LogP) is 2.40. The van der Waals surface area contributed by atoms with Gasteiger partial charge in [0, 0.05) is 5.02 Å². The maximum absolute atomic E-state index is 11.9. The van der Waals surface area contributed by atoms with E-state index >= 15 is 0 Å². The standard InChI is InChI=1S/C12H11ClN2O3S2/c13-8-3-4-10(9(14)6-8)15-11(16)7-20(17,18)12-2-1-5-19-12/h1-6H,7,14H2,(H,15,16). The van der Waals surface area contributed by atoms with Crippen molar-refractivity contribution >= 4 is 50.1 Å². The number of halogens is 1. The zero-order valence-corrected chi connectivity index (χ0v) is 12.6. The van der Waals surface area contributed by atoms with Gasteiger partial charge in [-0.2, -0.15) is 0 Å². The van der Waals surface area contributed by atoms with E-state index < -0.39 is 21.5 Å². The van der Waals surface area contributed by atoms with E-state index in [9.17, 15) is 13.2 Å². The van der Waals surface area contributed by atoms with E-state index in [1.165, 1.54) is 18.2 Å². The molecule has 0 fully saturated rings. The molecule has 3 N–H and O–H groups in total. The number of thiophene rings is 1. The topological polar surface area (TPSA) is 89.3 Å². The summed E-state index contributed by atoms with van der Waals surface area (Å²) < 4.78 is 24.0. The van der Waals surface area contributed by atoms with Crippen LogP contribution in [0.25, 0.3) is 0 Å². The highest BCUT2D eigenvalue weighted by Gasteiger charge is 2.20.